The van der Waals surface area contributed by atoms with Crippen LogP contribution in [0.1, 0.15) is 34.3 Å². The molecule has 3 aromatic rings. The molecule has 0 aliphatic rings. The van der Waals surface area contributed by atoms with Crippen molar-refractivity contribution in [1.82, 2.24) is 9.97 Å². The smallest absolute Gasteiger partial charge is 0.194 e. The van der Waals surface area contributed by atoms with Crippen molar-refractivity contribution in [2.24, 2.45) is 0 Å². The monoisotopic (exact) mass is 422 g/mol. The molecule has 0 spiro atoms. The summed E-state index contributed by atoms with van der Waals surface area (Å²) in [5, 5.41) is -0.0901. The van der Waals surface area contributed by atoms with Crippen molar-refractivity contribution in [2.75, 3.05) is 6.26 Å². The number of halogens is 2. The molecule has 1 atom stereocenters. The van der Waals surface area contributed by atoms with Crippen molar-refractivity contribution in [1.29, 1.82) is 0 Å². The highest BCUT2D eigenvalue weighted by Crippen LogP contribution is 2.30. The average molecular weight is 423 g/mol. The maximum Gasteiger partial charge on any atom is 0.194 e. The van der Waals surface area contributed by atoms with Gasteiger partial charge in [-0.3, -0.25) is 0 Å². The van der Waals surface area contributed by atoms with Crippen LogP contribution in [0.4, 0.5) is 4.39 Å². The fraction of sp³-hybridized carbons (Fsp3) is 0.250. The number of imidazole rings is 1. The van der Waals surface area contributed by atoms with Crippen LogP contribution in [0.2, 0.25) is 5.02 Å². The predicted molar refractivity (Wildman–Crippen MR) is 106 cm³/mol. The summed E-state index contributed by atoms with van der Waals surface area (Å²) in [6, 6.07) is 12.1. The molecule has 0 amide bonds. The number of ether oxygens (including phenoxy) is 1. The lowest BCUT2D eigenvalue weighted by atomic mass is 10.1. The molecule has 0 saturated carbocycles. The number of nitrogens with zero attached hydrogens (tertiary/aromatic N) is 1. The highest BCUT2D eigenvalue weighted by Gasteiger charge is 2.24. The van der Waals surface area contributed by atoms with Gasteiger partial charge in [-0.05, 0) is 37.1 Å². The van der Waals surface area contributed by atoms with Gasteiger partial charge < -0.3 is 9.72 Å². The van der Waals surface area contributed by atoms with Gasteiger partial charge in [-0.2, -0.15) is 0 Å². The Balaban J connectivity index is 1.98. The molecule has 0 radical (unpaired) electrons. The molecule has 8 heteroatoms. The third kappa shape index (κ3) is 4.60. The lowest BCUT2D eigenvalue weighted by Crippen LogP contribution is -2.09. The first-order valence-electron chi connectivity index (χ1n) is 8.54. The molecule has 1 heterocycles. The van der Waals surface area contributed by atoms with Crippen molar-refractivity contribution in [3.8, 4) is 0 Å². The van der Waals surface area contributed by atoms with E-state index >= 15 is 0 Å². The van der Waals surface area contributed by atoms with Gasteiger partial charge in [-0.15, -0.1) is 0 Å². The Morgan fingerprint density at radius 1 is 1.18 bits per heavy atom. The van der Waals surface area contributed by atoms with E-state index in [4.69, 9.17) is 16.3 Å². The Labute approximate surface area is 168 Å². The van der Waals surface area contributed by atoms with Crippen molar-refractivity contribution in [2.45, 2.75) is 31.6 Å². The van der Waals surface area contributed by atoms with Crippen molar-refractivity contribution >= 4 is 21.4 Å². The van der Waals surface area contributed by atoms with Crippen molar-refractivity contribution in [3.05, 3.63) is 81.5 Å². The second-order valence-corrected chi connectivity index (χ2v) is 9.01. The fourth-order valence-electron chi connectivity index (χ4n) is 2.82. The second kappa shape index (κ2) is 8.03. The van der Waals surface area contributed by atoms with Gasteiger partial charge in [-0.1, -0.05) is 47.5 Å². The summed E-state index contributed by atoms with van der Waals surface area (Å²) in [4.78, 5) is 7.21. The maximum atomic E-state index is 13.6. The summed E-state index contributed by atoms with van der Waals surface area (Å²) in [6.45, 7) is 3.88. The third-order valence-corrected chi connectivity index (χ3v) is 5.63. The molecule has 1 unspecified atom stereocenters. The summed E-state index contributed by atoms with van der Waals surface area (Å²) in [5.41, 5.74) is 3.04. The molecule has 1 aromatic heterocycles. The molecule has 1 N–H and O–H groups in total. The zero-order valence-corrected chi connectivity index (χ0v) is 17.2. The number of H-pyrrole nitrogens is 1. The molecular weight excluding hydrogens is 403 g/mol. The van der Waals surface area contributed by atoms with Gasteiger partial charge in [0.15, 0.2) is 14.9 Å². The summed E-state index contributed by atoms with van der Waals surface area (Å²) < 4.78 is 43.5. The Kier molecular flexibility index (Phi) is 5.88. The van der Waals surface area contributed by atoms with Crippen LogP contribution in [-0.4, -0.2) is 24.6 Å². The zero-order valence-electron chi connectivity index (χ0n) is 15.7. The Morgan fingerprint density at radius 2 is 1.86 bits per heavy atom. The number of hydrogen-bond donors (Lipinski definition) is 1. The summed E-state index contributed by atoms with van der Waals surface area (Å²) in [5.74, 6) is -0.233. The fourth-order valence-corrected chi connectivity index (χ4v) is 3.88. The molecule has 2 aromatic carbocycles. The number of hydrogen-bond acceptors (Lipinski definition) is 4. The van der Waals surface area contributed by atoms with Gasteiger partial charge in [0.1, 0.15) is 17.7 Å². The largest absolute Gasteiger partial charge is 0.361 e. The highest BCUT2D eigenvalue weighted by molar-refractivity contribution is 7.90. The number of benzene rings is 2. The molecule has 28 heavy (non-hydrogen) atoms. The van der Waals surface area contributed by atoms with Crippen LogP contribution in [0.25, 0.3) is 0 Å². The molecular formula is C20H20ClFN2O3S. The second-order valence-electron chi connectivity index (χ2n) is 6.67. The van der Waals surface area contributed by atoms with E-state index in [0.29, 0.717) is 17.1 Å². The molecule has 0 bridgehead atoms. The summed E-state index contributed by atoms with van der Waals surface area (Å²) >= 11 is 5.93. The lowest BCUT2D eigenvalue weighted by molar-refractivity contribution is 0.0613. The first kappa shape index (κ1) is 20.5. The van der Waals surface area contributed by atoms with E-state index in [9.17, 15) is 12.8 Å². The normalized spacial score (nSPS) is 12.9. The number of nitrogens with one attached hydrogen (secondary N) is 1. The number of rotatable bonds is 6. The van der Waals surface area contributed by atoms with Gasteiger partial charge in [0.25, 0.3) is 0 Å². The van der Waals surface area contributed by atoms with E-state index < -0.39 is 21.8 Å². The number of sulfone groups is 1. The quantitative estimate of drug-likeness (QED) is 0.633. The minimum absolute atomic E-state index is 0.0420. The van der Waals surface area contributed by atoms with Gasteiger partial charge in [0.05, 0.1) is 17.3 Å². The van der Waals surface area contributed by atoms with E-state index in [1.165, 1.54) is 12.1 Å². The van der Waals surface area contributed by atoms with Gasteiger partial charge >= 0.3 is 0 Å². The number of aromatic nitrogens is 2. The molecule has 5 nitrogen and oxygen atoms in total. The van der Waals surface area contributed by atoms with E-state index in [0.717, 1.165) is 17.4 Å². The number of aromatic amines is 1. The molecule has 3 rings (SSSR count). The number of aryl methyl sites for hydroxylation is 2. The van der Waals surface area contributed by atoms with Crippen LogP contribution in [0.15, 0.2) is 47.5 Å². The van der Waals surface area contributed by atoms with E-state index in [1.54, 1.807) is 13.0 Å². The van der Waals surface area contributed by atoms with Crippen LogP contribution in [0.3, 0.4) is 0 Å². The van der Waals surface area contributed by atoms with Crippen LogP contribution in [0.5, 0.6) is 0 Å². The van der Waals surface area contributed by atoms with E-state index in [2.05, 4.69) is 9.97 Å². The topological polar surface area (TPSA) is 72.0 Å². The Morgan fingerprint density at radius 3 is 2.43 bits per heavy atom. The minimum Gasteiger partial charge on any atom is -0.361 e. The van der Waals surface area contributed by atoms with Gasteiger partial charge in [-0.25, -0.2) is 17.8 Å². The van der Waals surface area contributed by atoms with Gasteiger partial charge in [0.2, 0.25) is 0 Å². The lowest BCUT2D eigenvalue weighted by Gasteiger charge is -2.17. The summed E-state index contributed by atoms with van der Waals surface area (Å²) in [7, 11) is -3.50. The predicted octanol–water partition coefficient (Wildman–Crippen LogP) is 4.53. The van der Waals surface area contributed by atoms with E-state index in [-0.39, 0.29) is 16.7 Å². The Hall–Kier alpha value is -2.22. The van der Waals surface area contributed by atoms with Crippen molar-refractivity contribution < 1.29 is 17.5 Å². The first-order valence-corrected chi connectivity index (χ1v) is 10.8. The zero-order chi connectivity index (χ0) is 20.5. The van der Waals surface area contributed by atoms with Crippen LogP contribution in [-0.2, 0) is 21.2 Å². The maximum absolute atomic E-state index is 13.6. The Bertz CT molecular complexity index is 1100. The molecule has 148 valence electrons. The first-order chi connectivity index (χ1) is 13.1. The molecule has 0 aliphatic heterocycles. The van der Waals surface area contributed by atoms with Crippen molar-refractivity contribution in [3.63, 3.8) is 0 Å². The molecule has 0 saturated heterocycles. The summed E-state index contributed by atoms with van der Waals surface area (Å²) in [6.07, 6.45) is 0.352. The average Bonchev–Trinajstić information content (AvgIpc) is 3.01. The molecule has 0 aliphatic carbocycles. The van der Waals surface area contributed by atoms with E-state index in [1.807, 2.05) is 31.2 Å². The minimum atomic E-state index is -3.50. The third-order valence-electron chi connectivity index (χ3n) is 4.24. The van der Waals surface area contributed by atoms with Crippen LogP contribution in [0, 0.1) is 19.7 Å². The van der Waals surface area contributed by atoms with Crippen LogP contribution < -0.4 is 0 Å². The van der Waals surface area contributed by atoms with Crippen LogP contribution >= 0.6 is 11.6 Å². The standard InChI is InChI=1S/C20H20ClFN2O3S/c1-12-4-6-14(7-5-12)11-27-18(15-8-9-17(22)16(21)10-15)19-23-13(2)20(24-19)28(3,25)26/h4-10,18H,11H2,1-3H3,(H,23,24). The molecule has 0 fully saturated rings. The highest BCUT2D eigenvalue weighted by atomic mass is 35.5. The SMILES string of the molecule is Cc1ccc(COC(c2ccc(F)c(Cl)c2)c2nc(S(C)(=O)=O)c(C)[nH]2)cc1. The van der Waals surface area contributed by atoms with Gasteiger partial charge in [0, 0.05) is 6.26 Å².